The highest BCUT2D eigenvalue weighted by molar-refractivity contribution is 7.21. The first-order valence-corrected chi connectivity index (χ1v) is 13.6. The maximum absolute atomic E-state index is 15.1. The van der Waals surface area contributed by atoms with Crippen molar-refractivity contribution in [3.63, 3.8) is 0 Å². The second kappa shape index (κ2) is 11.4. The Labute approximate surface area is 234 Å². The van der Waals surface area contributed by atoms with Crippen molar-refractivity contribution in [2.75, 3.05) is 11.9 Å². The van der Waals surface area contributed by atoms with E-state index < -0.39 is 24.1 Å². The molecule has 1 amide bonds. The molecule has 0 aliphatic heterocycles. The molecule has 9 nitrogen and oxygen atoms in total. The number of nitrogens with zero attached hydrogens (tertiary/aromatic N) is 4. The lowest BCUT2D eigenvalue weighted by atomic mass is 10.1. The fraction of sp³-hybridized carbons (Fsp3) is 0.276. The molecule has 0 saturated heterocycles. The van der Waals surface area contributed by atoms with Crippen molar-refractivity contribution < 1.29 is 23.4 Å². The lowest BCUT2D eigenvalue weighted by Gasteiger charge is -2.22. The summed E-state index contributed by atoms with van der Waals surface area (Å²) in [6.45, 7) is 9.61. The highest BCUT2D eigenvalue weighted by atomic mass is 32.1. The number of nitrogens with one attached hydrogen (secondary N) is 1. The second-order valence-electron chi connectivity index (χ2n) is 9.33. The van der Waals surface area contributed by atoms with Gasteiger partial charge in [-0.3, -0.25) is 10.3 Å². The van der Waals surface area contributed by atoms with Gasteiger partial charge in [0.2, 0.25) is 0 Å². The number of anilines is 1. The molecular formula is C29H28FN5O4S. The van der Waals surface area contributed by atoms with E-state index in [1.165, 1.54) is 29.8 Å². The number of amides is 1. The van der Waals surface area contributed by atoms with Crippen molar-refractivity contribution in [3.05, 3.63) is 66.1 Å². The van der Waals surface area contributed by atoms with Crippen LogP contribution in [0.2, 0.25) is 0 Å². The minimum Gasteiger partial charge on any atom is -0.492 e. The van der Waals surface area contributed by atoms with Crippen molar-refractivity contribution in [1.29, 1.82) is 0 Å². The Morgan fingerprint density at radius 2 is 1.80 bits per heavy atom. The fourth-order valence-electron chi connectivity index (χ4n) is 4.09. The SMILES string of the molecule is CCOc1cnc2c(-c3nc4cc(F)c(O[C@@H](C)[C@@H](C)OC(=O)Nc5cnc(C)nc5)cc4s3)cc(C)cc2c1. The number of hydrogen-bond donors (Lipinski definition) is 1. The van der Waals surface area contributed by atoms with Gasteiger partial charge in [0, 0.05) is 23.1 Å². The molecule has 40 heavy (non-hydrogen) atoms. The topological polar surface area (TPSA) is 108 Å². The van der Waals surface area contributed by atoms with Crippen molar-refractivity contribution in [1.82, 2.24) is 19.9 Å². The van der Waals surface area contributed by atoms with Crippen LogP contribution in [0.3, 0.4) is 0 Å². The number of aryl methyl sites for hydroxylation is 2. The maximum atomic E-state index is 15.1. The fourth-order valence-corrected chi connectivity index (χ4v) is 5.08. The largest absolute Gasteiger partial charge is 0.492 e. The second-order valence-corrected chi connectivity index (χ2v) is 10.4. The van der Waals surface area contributed by atoms with Gasteiger partial charge < -0.3 is 14.2 Å². The molecule has 0 spiro atoms. The van der Waals surface area contributed by atoms with Gasteiger partial charge in [-0.2, -0.15) is 0 Å². The summed E-state index contributed by atoms with van der Waals surface area (Å²) in [5, 5.41) is 4.23. The first-order chi connectivity index (χ1) is 19.2. The first-order valence-electron chi connectivity index (χ1n) is 12.8. The molecular weight excluding hydrogens is 533 g/mol. The van der Waals surface area contributed by atoms with Gasteiger partial charge in [0.1, 0.15) is 28.8 Å². The van der Waals surface area contributed by atoms with Gasteiger partial charge in [0.15, 0.2) is 11.6 Å². The van der Waals surface area contributed by atoms with Gasteiger partial charge in [-0.1, -0.05) is 0 Å². The lowest BCUT2D eigenvalue weighted by molar-refractivity contribution is 0.0402. The summed E-state index contributed by atoms with van der Waals surface area (Å²) in [5.41, 5.74) is 3.62. The molecule has 5 rings (SSSR count). The van der Waals surface area contributed by atoms with E-state index in [0.29, 0.717) is 29.4 Å². The van der Waals surface area contributed by atoms with Crippen LogP contribution in [-0.4, -0.2) is 44.8 Å². The predicted molar refractivity (Wildman–Crippen MR) is 153 cm³/mol. The van der Waals surface area contributed by atoms with Crippen LogP contribution in [-0.2, 0) is 4.74 Å². The number of carbonyl (C=O) groups excluding carboxylic acids is 1. The van der Waals surface area contributed by atoms with Crippen molar-refractivity contribution >= 4 is 44.2 Å². The number of benzene rings is 2. The summed E-state index contributed by atoms with van der Waals surface area (Å²) in [5.74, 6) is 0.778. The summed E-state index contributed by atoms with van der Waals surface area (Å²) in [6.07, 6.45) is 2.66. The van der Waals surface area contributed by atoms with E-state index in [4.69, 9.17) is 19.2 Å². The van der Waals surface area contributed by atoms with Crippen LogP contribution in [0.5, 0.6) is 11.5 Å². The maximum Gasteiger partial charge on any atom is 0.412 e. The van der Waals surface area contributed by atoms with Gasteiger partial charge in [-0.25, -0.2) is 24.1 Å². The number of halogens is 1. The van der Waals surface area contributed by atoms with Gasteiger partial charge in [0.05, 0.1) is 46.6 Å². The Bertz CT molecular complexity index is 1690. The highest BCUT2D eigenvalue weighted by Crippen LogP contribution is 2.37. The summed E-state index contributed by atoms with van der Waals surface area (Å²) in [7, 11) is 0. The smallest absolute Gasteiger partial charge is 0.412 e. The third kappa shape index (κ3) is 5.94. The number of fused-ring (bicyclic) bond motifs is 2. The van der Waals surface area contributed by atoms with E-state index in [1.54, 1.807) is 33.0 Å². The number of aromatic nitrogens is 4. The van der Waals surface area contributed by atoms with E-state index in [-0.39, 0.29) is 5.75 Å². The first kappa shape index (κ1) is 27.2. The molecule has 3 aromatic heterocycles. The van der Waals surface area contributed by atoms with Gasteiger partial charge in [-0.05, 0) is 58.4 Å². The van der Waals surface area contributed by atoms with E-state index >= 15 is 4.39 Å². The van der Waals surface area contributed by atoms with Crippen LogP contribution in [0.1, 0.15) is 32.2 Å². The molecule has 0 bridgehead atoms. The monoisotopic (exact) mass is 561 g/mol. The molecule has 3 heterocycles. The number of pyridine rings is 1. The normalized spacial score (nSPS) is 12.8. The summed E-state index contributed by atoms with van der Waals surface area (Å²) in [6, 6.07) is 9.01. The molecule has 0 radical (unpaired) electrons. The molecule has 0 saturated carbocycles. The molecule has 206 valence electrons. The van der Waals surface area contributed by atoms with Crippen LogP contribution < -0.4 is 14.8 Å². The molecule has 0 aliphatic carbocycles. The molecule has 2 aromatic carbocycles. The average molecular weight is 562 g/mol. The van der Waals surface area contributed by atoms with Crippen LogP contribution in [0.25, 0.3) is 31.7 Å². The average Bonchev–Trinajstić information content (AvgIpc) is 3.32. The van der Waals surface area contributed by atoms with E-state index in [1.807, 2.05) is 32.0 Å². The van der Waals surface area contributed by atoms with E-state index in [0.717, 1.165) is 31.7 Å². The highest BCUT2D eigenvalue weighted by Gasteiger charge is 2.22. The Hall–Kier alpha value is -4.38. The van der Waals surface area contributed by atoms with Gasteiger partial charge in [0.25, 0.3) is 0 Å². The minimum atomic E-state index is -0.689. The van der Waals surface area contributed by atoms with Crippen molar-refractivity contribution in [2.24, 2.45) is 0 Å². The number of hydrogen-bond acceptors (Lipinski definition) is 9. The molecule has 11 heteroatoms. The number of rotatable bonds is 8. The summed E-state index contributed by atoms with van der Waals surface area (Å²) >= 11 is 1.42. The summed E-state index contributed by atoms with van der Waals surface area (Å²) in [4.78, 5) is 29.7. The standard InChI is InChI=1S/C29H28FN5O4S/c1-6-37-21-9-19-7-15(2)8-22(27(19)33-14-21)28-35-24-10-23(30)25(11-26(24)40-28)38-16(3)17(4)39-29(36)34-20-12-31-18(5)32-13-20/h7-14,16-17H,6H2,1-5H3,(H,34,36)/t16-,17+/m0/s1. The quantitative estimate of drug-likeness (QED) is 0.219. The summed E-state index contributed by atoms with van der Waals surface area (Å²) < 4.78 is 32.7. The zero-order valence-electron chi connectivity index (χ0n) is 22.7. The minimum absolute atomic E-state index is 0.0478. The van der Waals surface area contributed by atoms with Crippen LogP contribution in [0, 0.1) is 19.7 Å². The van der Waals surface area contributed by atoms with Crippen LogP contribution in [0.4, 0.5) is 14.9 Å². The molecule has 5 aromatic rings. The number of ether oxygens (including phenoxy) is 3. The molecule has 1 N–H and O–H groups in total. The lowest BCUT2D eigenvalue weighted by Crippen LogP contribution is -2.32. The molecule has 0 aliphatic rings. The van der Waals surface area contributed by atoms with Crippen LogP contribution in [0.15, 0.2) is 48.9 Å². The molecule has 2 atom stereocenters. The molecule has 0 unspecified atom stereocenters. The zero-order chi connectivity index (χ0) is 28.4. The van der Waals surface area contributed by atoms with Gasteiger partial charge >= 0.3 is 6.09 Å². The van der Waals surface area contributed by atoms with E-state index in [2.05, 4.69) is 20.3 Å². The van der Waals surface area contributed by atoms with Crippen molar-refractivity contribution in [3.8, 4) is 22.1 Å². The van der Waals surface area contributed by atoms with E-state index in [9.17, 15) is 4.79 Å². The third-order valence-electron chi connectivity index (χ3n) is 6.18. The predicted octanol–water partition coefficient (Wildman–Crippen LogP) is 6.86. The van der Waals surface area contributed by atoms with Crippen molar-refractivity contribution in [2.45, 2.75) is 46.8 Å². The number of carbonyl (C=O) groups is 1. The third-order valence-corrected chi connectivity index (χ3v) is 7.23. The Morgan fingerprint density at radius 1 is 1.02 bits per heavy atom. The molecule has 0 fully saturated rings. The Balaban J connectivity index is 1.34. The Kier molecular flexibility index (Phi) is 7.74. The van der Waals surface area contributed by atoms with Gasteiger partial charge in [-0.15, -0.1) is 11.3 Å². The zero-order valence-corrected chi connectivity index (χ0v) is 23.5. The number of thiazole rings is 1. The Morgan fingerprint density at radius 3 is 2.55 bits per heavy atom. The van der Waals surface area contributed by atoms with Crippen LogP contribution >= 0.6 is 11.3 Å².